The molecule has 0 spiro atoms. The third-order valence-corrected chi connectivity index (χ3v) is 4.42. The summed E-state index contributed by atoms with van der Waals surface area (Å²) in [6.45, 7) is 4.63. The fraction of sp³-hybridized carbons (Fsp3) is 0.625. The van der Waals surface area contributed by atoms with Crippen molar-refractivity contribution in [2.75, 3.05) is 27.2 Å². The van der Waals surface area contributed by atoms with Crippen LogP contribution in [0.1, 0.15) is 37.8 Å². The number of piperidine rings is 1. The van der Waals surface area contributed by atoms with Crippen LogP contribution in [0, 0.1) is 0 Å². The molecule has 3 nitrogen and oxygen atoms in total. The molecule has 0 radical (unpaired) electrons. The Morgan fingerprint density at radius 2 is 1.84 bits per heavy atom. The van der Waals surface area contributed by atoms with E-state index in [2.05, 4.69) is 43.0 Å². The third-order valence-electron chi connectivity index (χ3n) is 4.42. The Balaban J connectivity index is 2.06. The maximum Gasteiger partial charge on any atom is 0.115 e. The number of nitrogens with zero attached hydrogens (tertiary/aromatic N) is 2. The minimum atomic E-state index is 0.348. The fourth-order valence-corrected chi connectivity index (χ4v) is 3.11. The summed E-state index contributed by atoms with van der Waals surface area (Å²) in [4.78, 5) is 4.94. The van der Waals surface area contributed by atoms with E-state index in [4.69, 9.17) is 0 Å². The van der Waals surface area contributed by atoms with Crippen molar-refractivity contribution in [3.05, 3.63) is 29.8 Å². The normalized spacial score (nSPS) is 19.8. The largest absolute Gasteiger partial charge is 0.508 e. The molecule has 0 amide bonds. The van der Waals surface area contributed by atoms with Crippen LogP contribution >= 0.6 is 0 Å². The Morgan fingerprint density at radius 3 is 2.37 bits per heavy atom. The fourth-order valence-electron chi connectivity index (χ4n) is 3.11. The van der Waals surface area contributed by atoms with Crippen molar-refractivity contribution < 1.29 is 5.11 Å². The molecule has 0 aromatic heterocycles. The maximum absolute atomic E-state index is 9.41. The molecule has 1 aromatic rings. The second kappa shape index (κ2) is 6.40. The Labute approximate surface area is 116 Å². The van der Waals surface area contributed by atoms with Gasteiger partial charge in [-0.15, -0.1) is 0 Å². The molecule has 1 heterocycles. The zero-order valence-corrected chi connectivity index (χ0v) is 12.3. The van der Waals surface area contributed by atoms with E-state index < -0.39 is 0 Å². The highest BCUT2D eigenvalue weighted by atomic mass is 16.3. The quantitative estimate of drug-likeness (QED) is 0.904. The monoisotopic (exact) mass is 262 g/mol. The molecule has 1 aliphatic heterocycles. The number of phenolic OH excluding ortho intramolecular Hbond substituents is 1. The molecule has 2 rings (SSSR count). The van der Waals surface area contributed by atoms with Gasteiger partial charge in [-0.3, -0.25) is 4.90 Å². The average molecular weight is 262 g/mol. The Bertz CT molecular complexity index is 382. The second-order valence-electron chi connectivity index (χ2n) is 5.72. The van der Waals surface area contributed by atoms with E-state index in [9.17, 15) is 5.11 Å². The van der Waals surface area contributed by atoms with Gasteiger partial charge in [0.1, 0.15) is 5.75 Å². The summed E-state index contributed by atoms with van der Waals surface area (Å²) < 4.78 is 0. The van der Waals surface area contributed by atoms with E-state index in [1.54, 1.807) is 12.1 Å². The van der Waals surface area contributed by atoms with Crippen molar-refractivity contribution in [1.29, 1.82) is 0 Å². The molecule has 1 aliphatic rings. The molecule has 1 fully saturated rings. The van der Waals surface area contributed by atoms with Gasteiger partial charge in [-0.25, -0.2) is 0 Å². The van der Waals surface area contributed by atoms with Crippen molar-refractivity contribution in [2.24, 2.45) is 0 Å². The van der Waals surface area contributed by atoms with E-state index in [0.717, 1.165) is 6.42 Å². The van der Waals surface area contributed by atoms with E-state index in [1.165, 1.54) is 31.5 Å². The van der Waals surface area contributed by atoms with Crippen molar-refractivity contribution in [1.82, 2.24) is 9.80 Å². The van der Waals surface area contributed by atoms with Crippen LogP contribution in [-0.4, -0.2) is 48.1 Å². The Hall–Kier alpha value is -1.06. The molecule has 0 aliphatic carbocycles. The first-order chi connectivity index (χ1) is 9.11. The van der Waals surface area contributed by atoms with E-state index in [1.807, 2.05) is 0 Å². The number of benzene rings is 1. The summed E-state index contributed by atoms with van der Waals surface area (Å²) in [5, 5.41) is 9.41. The highest BCUT2D eigenvalue weighted by molar-refractivity contribution is 5.28. The van der Waals surface area contributed by atoms with E-state index in [0.29, 0.717) is 17.8 Å². The number of phenols is 1. The lowest BCUT2D eigenvalue weighted by molar-refractivity contribution is 0.104. The lowest BCUT2D eigenvalue weighted by Crippen LogP contribution is -2.43. The standard InChI is InChI=1S/C16H26N2O/c1-4-16(13-5-7-15(19)8-6-13)18(3)14-9-11-17(2)12-10-14/h5-8,14,16,19H,4,9-12H2,1-3H3. The van der Waals surface area contributed by atoms with Gasteiger partial charge < -0.3 is 10.0 Å². The molecule has 1 atom stereocenters. The van der Waals surface area contributed by atoms with Crippen LogP contribution in [0.2, 0.25) is 0 Å². The molecule has 3 heteroatoms. The van der Waals surface area contributed by atoms with Gasteiger partial charge in [-0.2, -0.15) is 0 Å². The van der Waals surface area contributed by atoms with Crippen LogP contribution in [0.3, 0.4) is 0 Å². The van der Waals surface area contributed by atoms with Gasteiger partial charge in [-0.1, -0.05) is 19.1 Å². The van der Waals surface area contributed by atoms with Crippen LogP contribution in [0.4, 0.5) is 0 Å². The summed E-state index contributed by atoms with van der Waals surface area (Å²) in [5.74, 6) is 0.348. The summed E-state index contributed by atoms with van der Waals surface area (Å²) in [7, 11) is 4.45. The Kier molecular flexibility index (Phi) is 4.83. The second-order valence-corrected chi connectivity index (χ2v) is 5.72. The molecular weight excluding hydrogens is 236 g/mol. The maximum atomic E-state index is 9.41. The van der Waals surface area contributed by atoms with Crippen LogP contribution < -0.4 is 0 Å². The molecule has 1 saturated heterocycles. The topological polar surface area (TPSA) is 26.7 Å². The Morgan fingerprint density at radius 1 is 1.26 bits per heavy atom. The first kappa shape index (κ1) is 14.4. The van der Waals surface area contributed by atoms with E-state index in [-0.39, 0.29) is 0 Å². The smallest absolute Gasteiger partial charge is 0.115 e. The van der Waals surface area contributed by atoms with Crippen LogP contribution in [0.25, 0.3) is 0 Å². The van der Waals surface area contributed by atoms with Gasteiger partial charge in [-0.05, 0) is 64.1 Å². The molecule has 1 aromatic carbocycles. The number of hydrogen-bond acceptors (Lipinski definition) is 3. The summed E-state index contributed by atoms with van der Waals surface area (Å²) in [5.41, 5.74) is 1.31. The third kappa shape index (κ3) is 3.48. The first-order valence-corrected chi connectivity index (χ1v) is 7.31. The predicted molar refractivity (Wildman–Crippen MR) is 79.4 cm³/mol. The molecule has 19 heavy (non-hydrogen) atoms. The molecule has 0 saturated carbocycles. The van der Waals surface area contributed by atoms with Crippen molar-refractivity contribution in [3.8, 4) is 5.75 Å². The van der Waals surface area contributed by atoms with Gasteiger partial charge in [0.05, 0.1) is 0 Å². The van der Waals surface area contributed by atoms with Crippen molar-refractivity contribution in [2.45, 2.75) is 38.3 Å². The van der Waals surface area contributed by atoms with Gasteiger partial charge in [0.15, 0.2) is 0 Å². The van der Waals surface area contributed by atoms with Crippen LogP contribution in [0.5, 0.6) is 5.75 Å². The zero-order valence-electron chi connectivity index (χ0n) is 12.3. The number of aromatic hydroxyl groups is 1. The summed E-state index contributed by atoms with van der Waals surface area (Å²) in [6, 6.07) is 8.81. The molecule has 1 N–H and O–H groups in total. The zero-order chi connectivity index (χ0) is 13.8. The molecular formula is C16H26N2O. The van der Waals surface area contributed by atoms with Gasteiger partial charge >= 0.3 is 0 Å². The van der Waals surface area contributed by atoms with Crippen LogP contribution in [-0.2, 0) is 0 Å². The number of hydrogen-bond donors (Lipinski definition) is 1. The van der Waals surface area contributed by atoms with Gasteiger partial charge in [0.2, 0.25) is 0 Å². The van der Waals surface area contributed by atoms with Gasteiger partial charge in [0, 0.05) is 12.1 Å². The highest BCUT2D eigenvalue weighted by Crippen LogP contribution is 2.29. The highest BCUT2D eigenvalue weighted by Gasteiger charge is 2.25. The van der Waals surface area contributed by atoms with Crippen molar-refractivity contribution in [3.63, 3.8) is 0 Å². The number of likely N-dealkylation sites (tertiary alicyclic amines) is 1. The van der Waals surface area contributed by atoms with Crippen molar-refractivity contribution >= 4 is 0 Å². The molecule has 1 unspecified atom stereocenters. The van der Waals surface area contributed by atoms with E-state index >= 15 is 0 Å². The van der Waals surface area contributed by atoms with Crippen LogP contribution in [0.15, 0.2) is 24.3 Å². The average Bonchev–Trinajstić information content (AvgIpc) is 2.42. The minimum absolute atomic E-state index is 0.348. The summed E-state index contributed by atoms with van der Waals surface area (Å²) >= 11 is 0. The van der Waals surface area contributed by atoms with Gasteiger partial charge in [0.25, 0.3) is 0 Å². The first-order valence-electron chi connectivity index (χ1n) is 7.31. The number of rotatable bonds is 4. The summed E-state index contributed by atoms with van der Waals surface area (Å²) in [6.07, 6.45) is 3.61. The minimum Gasteiger partial charge on any atom is -0.508 e. The predicted octanol–water partition coefficient (Wildman–Crippen LogP) is 2.87. The SMILES string of the molecule is CCC(c1ccc(O)cc1)N(C)C1CCN(C)CC1. The molecule has 106 valence electrons. The lowest BCUT2D eigenvalue weighted by Gasteiger charge is -2.39. The lowest BCUT2D eigenvalue weighted by atomic mass is 9.97. The molecule has 0 bridgehead atoms.